The highest BCUT2D eigenvalue weighted by molar-refractivity contribution is 6.30. The lowest BCUT2D eigenvalue weighted by Crippen LogP contribution is -2.32. The maximum Gasteiger partial charge on any atom is 0.170 e. The summed E-state index contributed by atoms with van der Waals surface area (Å²) in [5, 5.41) is 9.13. The summed E-state index contributed by atoms with van der Waals surface area (Å²) in [5.74, 6) is 0.427. The number of hydrogen-bond acceptors (Lipinski definition) is 3. The first-order chi connectivity index (χ1) is 11.0. The Hall–Kier alpha value is -2.33. The molecule has 0 aromatic heterocycles. The fraction of sp³-hybridized carbons (Fsp3) is 0.222. The molecule has 23 heavy (non-hydrogen) atoms. The monoisotopic (exact) mass is 328 g/mol. The van der Waals surface area contributed by atoms with E-state index in [1.165, 1.54) is 0 Å². The summed E-state index contributed by atoms with van der Waals surface area (Å²) >= 11 is 5.91. The molecule has 1 aliphatic rings. The van der Waals surface area contributed by atoms with E-state index in [1.54, 1.807) is 36.3 Å². The molecule has 2 aromatic rings. The van der Waals surface area contributed by atoms with Crippen molar-refractivity contribution in [1.29, 1.82) is 5.41 Å². The minimum absolute atomic E-state index is 0.0140. The van der Waals surface area contributed by atoms with Crippen LogP contribution >= 0.6 is 11.6 Å². The van der Waals surface area contributed by atoms with Gasteiger partial charge < -0.3 is 9.64 Å². The number of nitrogens with one attached hydrogen (secondary N) is 1. The van der Waals surface area contributed by atoms with Crippen LogP contribution in [0, 0.1) is 5.41 Å². The van der Waals surface area contributed by atoms with Crippen molar-refractivity contribution < 1.29 is 9.53 Å². The minimum atomic E-state index is -0.562. The van der Waals surface area contributed by atoms with Crippen molar-refractivity contribution in [3.8, 4) is 5.75 Å². The van der Waals surface area contributed by atoms with Gasteiger partial charge >= 0.3 is 0 Å². The lowest BCUT2D eigenvalue weighted by atomic mass is 9.95. The summed E-state index contributed by atoms with van der Waals surface area (Å²) in [7, 11) is 1.60. The highest BCUT2D eigenvalue weighted by Gasteiger charge is 2.43. The minimum Gasteiger partial charge on any atom is -0.497 e. The van der Waals surface area contributed by atoms with Crippen LogP contribution in [-0.4, -0.2) is 24.8 Å². The number of nitrogens with zero attached hydrogens (tertiary/aromatic N) is 1. The summed E-state index contributed by atoms with van der Waals surface area (Å²) in [6.07, 6.45) is 0. The molecule has 0 bridgehead atoms. The number of rotatable bonds is 3. The van der Waals surface area contributed by atoms with E-state index in [4.69, 9.17) is 21.7 Å². The van der Waals surface area contributed by atoms with E-state index < -0.39 is 12.0 Å². The Morgan fingerprint density at radius 2 is 1.87 bits per heavy atom. The summed E-state index contributed by atoms with van der Waals surface area (Å²) in [6, 6.07) is 14.1. The molecule has 1 fully saturated rings. The number of Topliss-reactive ketones (excluding diaryl/α,β-unsaturated/α-hetero) is 1. The predicted octanol–water partition coefficient (Wildman–Crippen LogP) is 3.89. The lowest BCUT2D eigenvalue weighted by molar-refractivity contribution is -0.118. The molecule has 0 spiro atoms. The van der Waals surface area contributed by atoms with Crippen LogP contribution in [0.4, 0.5) is 5.69 Å². The van der Waals surface area contributed by atoms with Crippen molar-refractivity contribution in [2.45, 2.75) is 18.9 Å². The van der Waals surface area contributed by atoms with Crippen molar-refractivity contribution in [2.75, 3.05) is 12.0 Å². The Kier molecular flexibility index (Phi) is 4.09. The third-order valence-electron chi connectivity index (χ3n) is 4.15. The summed E-state index contributed by atoms with van der Waals surface area (Å²) in [5.41, 5.74) is 1.58. The topological polar surface area (TPSA) is 53.4 Å². The highest BCUT2D eigenvalue weighted by atomic mass is 35.5. The molecule has 1 saturated heterocycles. The Morgan fingerprint density at radius 3 is 2.52 bits per heavy atom. The average molecular weight is 329 g/mol. The van der Waals surface area contributed by atoms with Gasteiger partial charge in [0.2, 0.25) is 0 Å². The maximum atomic E-state index is 12.7. The van der Waals surface area contributed by atoms with Gasteiger partial charge in [0.15, 0.2) is 5.78 Å². The molecule has 0 amide bonds. The van der Waals surface area contributed by atoms with Gasteiger partial charge in [0.05, 0.1) is 13.2 Å². The third kappa shape index (κ3) is 2.70. The molecule has 118 valence electrons. The van der Waals surface area contributed by atoms with E-state index in [9.17, 15) is 4.79 Å². The van der Waals surface area contributed by atoms with E-state index in [-0.39, 0.29) is 11.6 Å². The van der Waals surface area contributed by atoms with Crippen molar-refractivity contribution in [2.24, 2.45) is 0 Å². The number of halogens is 1. The number of hydrogen-bond donors (Lipinski definition) is 1. The van der Waals surface area contributed by atoms with E-state index in [0.29, 0.717) is 10.8 Å². The Morgan fingerprint density at radius 1 is 1.17 bits per heavy atom. The van der Waals surface area contributed by atoms with E-state index in [2.05, 4.69) is 0 Å². The van der Waals surface area contributed by atoms with Crippen LogP contribution < -0.4 is 9.64 Å². The molecule has 1 aliphatic heterocycles. The molecule has 5 heteroatoms. The molecular weight excluding hydrogens is 312 g/mol. The van der Waals surface area contributed by atoms with Crippen LogP contribution in [0.5, 0.6) is 5.75 Å². The van der Waals surface area contributed by atoms with Gasteiger partial charge in [-0.05, 0) is 36.8 Å². The van der Waals surface area contributed by atoms with Crippen molar-refractivity contribution in [3.63, 3.8) is 0 Å². The van der Waals surface area contributed by atoms with Crippen LogP contribution in [0.3, 0.4) is 0 Å². The predicted molar refractivity (Wildman–Crippen MR) is 91.9 cm³/mol. The van der Waals surface area contributed by atoms with Crippen LogP contribution in [0.15, 0.2) is 48.5 Å². The van der Waals surface area contributed by atoms with Gasteiger partial charge in [0, 0.05) is 16.8 Å². The molecule has 2 atom stereocenters. The second-order valence-electron chi connectivity index (χ2n) is 5.52. The highest BCUT2D eigenvalue weighted by Crippen LogP contribution is 2.35. The molecule has 2 aromatic carbocycles. The van der Waals surface area contributed by atoms with E-state index in [0.717, 1.165) is 11.3 Å². The van der Waals surface area contributed by atoms with Crippen LogP contribution in [0.1, 0.15) is 18.4 Å². The maximum absolute atomic E-state index is 12.7. The quantitative estimate of drug-likeness (QED) is 0.930. The number of amidine groups is 1. The normalized spacial score (nSPS) is 20.9. The molecule has 0 saturated carbocycles. The Labute approximate surface area is 140 Å². The van der Waals surface area contributed by atoms with Gasteiger partial charge in [-0.2, -0.15) is 0 Å². The zero-order valence-electron chi connectivity index (χ0n) is 12.9. The first kappa shape index (κ1) is 15.6. The van der Waals surface area contributed by atoms with Crippen molar-refractivity contribution in [1.82, 2.24) is 0 Å². The SMILES string of the molecule is COc1cccc(N2C(=N)C(c3ccc(Cl)cc3)C(=O)C2C)c1. The molecule has 1 N–H and O–H groups in total. The van der Waals surface area contributed by atoms with Crippen LogP contribution in [0.2, 0.25) is 5.02 Å². The van der Waals surface area contributed by atoms with Gasteiger partial charge in [-0.3, -0.25) is 10.2 Å². The molecule has 3 rings (SSSR count). The molecule has 1 heterocycles. The molecular formula is C18H17ClN2O2. The number of carbonyl (C=O) groups excluding carboxylic acids is 1. The Bertz CT molecular complexity index is 758. The number of anilines is 1. The zero-order valence-corrected chi connectivity index (χ0v) is 13.7. The second-order valence-corrected chi connectivity index (χ2v) is 5.96. The van der Waals surface area contributed by atoms with Gasteiger partial charge in [0.25, 0.3) is 0 Å². The number of carbonyl (C=O) groups is 1. The zero-order chi connectivity index (χ0) is 16.6. The van der Waals surface area contributed by atoms with Crippen LogP contribution in [-0.2, 0) is 4.79 Å². The fourth-order valence-electron chi connectivity index (χ4n) is 2.95. The molecule has 2 unspecified atom stereocenters. The van der Waals surface area contributed by atoms with Gasteiger partial charge in [-0.15, -0.1) is 0 Å². The van der Waals surface area contributed by atoms with E-state index in [1.807, 2.05) is 31.2 Å². The number of methoxy groups -OCH3 is 1. The Balaban J connectivity index is 1.99. The number of ketones is 1. The van der Waals surface area contributed by atoms with Crippen molar-refractivity contribution in [3.05, 3.63) is 59.1 Å². The van der Waals surface area contributed by atoms with Crippen molar-refractivity contribution >= 4 is 28.9 Å². The van der Waals surface area contributed by atoms with Crippen LogP contribution in [0.25, 0.3) is 0 Å². The fourth-order valence-corrected chi connectivity index (χ4v) is 3.08. The molecule has 0 radical (unpaired) electrons. The van der Waals surface area contributed by atoms with E-state index >= 15 is 0 Å². The second kappa shape index (κ2) is 6.05. The average Bonchev–Trinajstić information content (AvgIpc) is 2.78. The number of ether oxygens (including phenoxy) is 1. The smallest absolute Gasteiger partial charge is 0.170 e. The number of benzene rings is 2. The standard InChI is InChI=1S/C18H17ClN2O2/c1-11-17(22)16(12-6-8-13(19)9-7-12)18(20)21(11)14-4-3-5-15(10-14)23-2/h3-11,16,20H,1-2H3. The van der Waals surface area contributed by atoms with Gasteiger partial charge in [-0.25, -0.2) is 0 Å². The summed E-state index contributed by atoms with van der Waals surface area (Å²) in [6.45, 7) is 1.83. The summed E-state index contributed by atoms with van der Waals surface area (Å²) < 4.78 is 5.24. The third-order valence-corrected chi connectivity index (χ3v) is 4.40. The largest absolute Gasteiger partial charge is 0.497 e. The first-order valence-corrected chi connectivity index (χ1v) is 7.71. The first-order valence-electron chi connectivity index (χ1n) is 7.34. The summed E-state index contributed by atoms with van der Waals surface area (Å²) in [4.78, 5) is 14.4. The molecule has 4 nitrogen and oxygen atoms in total. The lowest BCUT2D eigenvalue weighted by Gasteiger charge is -2.23. The van der Waals surface area contributed by atoms with Gasteiger partial charge in [0.1, 0.15) is 17.5 Å². The molecule has 0 aliphatic carbocycles. The van der Waals surface area contributed by atoms with Gasteiger partial charge in [-0.1, -0.05) is 29.8 Å².